The molecule has 0 N–H and O–H groups in total. The van der Waals surface area contributed by atoms with Crippen LogP contribution in [0.1, 0.15) is 44.1 Å². The topological polar surface area (TPSA) is 0 Å². The van der Waals surface area contributed by atoms with E-state index in [1.54, 1.807) is 0 Å². The molecule has 0 saturated heterocycles. The second kappa shape index (κ2) is 4.92. The molecule has 0 radical (unpaired) electrons. The van der Waals surface area contributed by atoms with Crippen molar-refractivity contribution in [2.45, 2.75) is 50.3 Å². The molecule has 4 fully saturated rings. The van der Waals surface area contributed by atoms with Crippen LogP contribution in [-0.2, 0) is 6.42 Å². The van der Waals surface area contributed by atoms with Gasteiger partial charge in [-0.3, -0.25) is 0 Å². The molecule has 0 nitrogen and oxygen atoms in total. The van der Waals surface area contributed by atoms with E-state index in [0.717, 1.165) is 29.2 Å². The Morgan fingerprint density at radius 1 is 1.00 bits per heavy atom. The van der Waals surface area contributed by atoms with E-state index in [9.17, 15) is 0 Å². The maximum absolute atomic E-state index is 6.95. The van der Waals surface area contributed by atoms with Crippen LogP contribution in [0.5, 0.6) is 0 Å². The minimum atomic E-state index is 0.260. The van der Waals surface area contributed by atoms with Crippen LogP contribution in [0.4, 0.5) is 0 Å². The number of benzene rings is 1. The van der Waals surface area contributed by atoms with Crippen molar-refractivity contribution < 1.29 is 0 Å². The van der Waals surface area contributed by atoms with Crippen LogP contribution in [-0.4, -0.2) is 5.38 Å². The molecule has 0 aliphatic heterocycles. The third kappa shape index (κ3) is 2.20. The third-order valence-electron chi connectivity index (χ3n) is 6.11. The molecule has 0 amide bonds. The lowest BCUT2D eigenvalue weighted by Crippen LogP contribution is -2.50. The fourth-order valence-electron chi connectivity index (χ4n) is 5.63. The van der Waals surface area contributed by atoms with E-state index >= 15 is 0 Å². The van der Waals surface area contributed by atoms with Crippen molar-refractivity contribution in [1.82, 2.24) is 0 Å². The summed E-state index contributed by atoms with van der Waals surface area (Å²) in [5.74, 6) is 2.90. The van der Waals surface area contributed by atoms with E-state index in [2.05, 4.69) is 12.1 Å². The lowest BCUT2D eigenvalue weighted by atomic mass is 9.48. The first kappa shape index (κ1) is 13.5. The fourth-order valence-corrected chi connectivity index (χ4v) is 6.28. The quantitative estimate of drug-likeness (QED) is 0.628. The van der Waals surface area contributed by atoms with Crippen LogP contribution >= 0.6 is 23.2 Å². The molecule has 1 aromatic carbocycles. The Balaban J connectivity index is 1.56. The molecular formula is C18H22Cl2. The third-order valence-corrected chi connectivity index (χ3v) is 7.09. The van der Waals surface area contributed by atoms with Crippen molar-refractivity contribution in [3.8, 4) is 0 Å². The first-order valence-electron chi connectivity index (χ1n) is 8.02. The Hall–Kier alpha value is -0.200. The largest absolute Gasteiger partial charge is 0.122 e. The highest BCUT2D eigenvalue weighted by atomic mass is 35.5. The van der Waals surface area contributed by atoms with Gasteiger partial charge in [0, 0.05) is 10.4 Å². The lowest BCUT2D eigenvalue weighted by molar-refractivity contribution is -0.0545. The molecule has 4 bridgehead atoms. The first-order valence-corrected chi connectivity index (χ1v) is 8.83. The van der Waals surface area contributed by atoms with Gasteiger partial charge >= 0.3 is 0 Å². The molecule has 108 valence electrons. The van der Waals surface area contributed by atoms with Gasteiger partial charge in [-0.1, -0.05) is 29.8 Å². The first-order chi connectivity index (χ1) is 9.64. The van der Waals surface area contributed by atoms with Gasteiger partial charge in [-0.25, -0.2) is 0 Å². The van der Waals surface area contributed by atoms with Crippen LogP contribution in [0.2, 0.25) is 5.02 Å². The normalized spacial score (nSPS) is 40.0. The summed E-state index contributed by atoms with van der Waals surface area (Å²) in [6.07, 6.45) is 9.50. The van der Waals surface area contributed by atoms with Crippen LogP contribution in [0, 0.1) is 23.2 Å². The van der Waals surface area contributed by atoms with E-state index in [0.29, 0.717) is 5.41 Å². The van der Waals surface area contributed by atoms with Gasteiger partial charge in [0.15, 0.2) is 0 Å². The molecule has 0 heterocycles. The van der Waals surface area contributed by atoms with Gasteiger partial charge in [0.2, 0.25) is 0 Å². The summed E-state index contributed by atoms with van der Waals surface area (Å²) in [4.78, 5) is 0. The predicted octanol–water partition coefficient (Wildman–Crippen LogP) is 5.71. The standard InChI is InChI=1S/C18H22Cl2/c19-16-4-2-1-3-15(16)8-17(20)18-9-12-5-13(10-18)7-14(6-12)11-18/h1-4,12-14,17H,5-11H2. The Morgan fingerprint density at radius 3 is 2.10 bits per heavy atom. The molecule has 20 heavy (non-hydrogen) atoms. The minimum Gasteiger partial charge on any atom is -0.122 e. The monoisotopic (exact) mass is 308 g/mol. The van der Waals surface area contributed by atoms with Gasteiger partial charge in [-0.2, -0.15) is 0 Å². The van der Waals surface area contributed by atoms with Gasteiger partial charge in [0.1, 0.15) is 0 Å². The molecule has 4 aliphatic rings. The molecule has 0 spiro atoms. The summed E-state index contributed by atoms with van der Waals surface area (Å²) in [7, 11) is 0. The number of hydrogen-bond donors (Lipinski definition) is 0. The molecule has 0 aromatic heterocycles. The highest BCUT2D eigenvalue weighted by Gasteiger charge is 2.53. The second-order valence-corrected chi connectivity index (χ2v) is 8.48. The summed E-state index contributed by atoms with van der Waals surface area (Å²) in [5.41, 5.74) is 1.64. The molecule has 2 heteroatoms. The fraction of sp³-hybridized carbons (Fsp3) is 0.667. The Labute approximate surface area is 131 Å². The number of hydrogen-bond acceptors (Lipinski definition) is 0. The smallest absolute Gasteiger partial charge is 0.0438 e. The van der Waals surface area contributed by atoms with Gasteiger partial charge in [0.05, 0.1) is 0 Å². The van der Waals surface area contributed by atoms with Crippen LogP contribution in [0.25, 0.3) is 0 Å². The van der Waals surface area contributed by atoms with Crippen LogP contribution < -0.4 is 0 Å². The van der Waals surface area contributed by atoms with Crippen molar-refractivity contribution in [1.29, 1.82) is 0 Å². The molecule has 4 aliphatic carbocycles. The Morgan fingerprint density at radius 2 is 1.55 bits per heavy atom. The van der Waals surface area contributed by atoms with Crippen LogP contribution in [0.15, 0.2) is 24.3 Å². The highest BCUT2D eigenvalue weighted by Crippen LogP contribution is 2.62. The Bertz CT molecular complexity index is 473. The van der Waals surface area contributed by atoms with Crippen molar-refractivity contribution in [2.75, 3.05) is 0 Å². The summed E-state index contributed by atoms with van der Waals surface area (Å²) >= 11 is 13.3. The number of alkyl halides is 1. The van der Waals surface area contributed by atoms with Gasteiger partial charge in [0.25, 0.3) is 0 Å². The molecule has 1 aromatic rings. The Kier molecular flexibility index (Phi) is 3.31. The number of halogens is 2. The lowest BCUT2D eigenvalue weighted by Gasteiger charge is -2.58. The second-order valence-electron chi connectivity index (χ2n) is 7.54. The average Bonchev–Trinajstić information content (AvgIpc) is 2.40. The molecule has 5 rings (SSSR count). The summed E-state index contributed by atoms with van der Waals surface area (Å²) in [6, 6.07) is 8.20. The highest BCUT2D eigenvalue weighted by molar-refractivity contribution is 6.31. The zero-order valence-corrected chi connectivity index (χ0v) is 13.3. The molecule has 1 unspecified atom stereocenters. The zero-order valence-electron chi connectivity index (χ0n) is 11.8. The summed E-state index contributed by atoms with van der Waals surface area (Å²) in [5, 5.41) is 1.14. The van der Waals surface area contributed by atoms with E-state index in [1.165, 1.54) is 44.1 Å². The summed E-state index contributed by atoms with van der Waals surface area (Å²) in [6.45, 7) is 0. The van der Waals surface area contributed by atoms with Crippen LogP contribution in [0.3, 0.4) is 0 Å². The van der Waals surface area contributed by atoms with E-state index in [1.807, 2.05) is 12.1 Å². The summed E-state index contributed by atoms with van der Waals surface area (Å²) < 4.78 is 0. The maximum atomic E-state index is 6.95. The number of rotatable bonds is 3. The molecule has 1 atom stereocenters. The van der Waals surface area contributed by atoms with Gasteiger partial charge < -0.3 is 0 Å². The van der Waals surface area contributed by atoms with Gasteiger partial charge in [-0.05, 0) is 79.7 Å². The SMILES string of the molecule is Clc1ccccc1CC(Cl)C12CC3CC(CC(C3)C1)C2. The maximum Gasteiger partial charge on any atom is 0.0438 e. The van der Waals surface area contributed by atoms with Gasteiger partial charge in [-0.15, -0.1) is 11.6 Å². The minimum absolute atomic E-state index is 0.260. The van der Waals surface area contributed by atoms with E-state index < -0.39 is 0 Å². The molecule has 4 saturated carbocycles. The zero-order chi connectivity index (χ0) is 13.7. The van der Waals surface area contributed by atoms with E-state index in [4.69, 9.17) is 23.2 Å². The molecular weight excluding hydrogens is 287 g/mol. The average molecular weight is 309 g/mol. The van der Waals surface area contributed by atoms with Crippen molar-refractivity contribution in [3.05, 3.63) is 34.9 Å². The van der Waals surface area contributed by atoms with Crippen molar-refractivity contribution in [2.24, 2.45) is 23.2 Å². The predicted molar refractivity (Wildman–Crippen MR) is 85.4 cm³/mol. The van der Waals surface area contributed by atoms with Crippen molar-refractivity contribution >= 4 is 23.2 Å². The van der Waals surface area contributed by atoms with Crippen molar-refractivity contribution in [3.63, 3.8) is 0 Å². The van der Waals surface area contributed by atoms with E-state index in [-0.39, 0.29) is 5.38 Å².